The van der Waals surface area contributed by atoms with E-state index < -0.39 is 0 Å². The number of rotatable bonds is 1. The van der Waals surface area contributed by atoms with Gasteiger partial charge in [-0.2, -0.15) is 11.1 Å². The Morgan fingerprint density at radius 1 is 1.00 bits per heavy atom. The highest BCUT2D eigenvalue weighted by Crippen LogP contribution is 2.14. The molecule has 0 heterocycles. The van der Waals surface area contributed by atoms with Crippen LogP contribution >= 0.6 is 11.1 Å². The Balaban J connectivity index is 3.39. The molecular weight excluding hydrogens is 184 g/mol. The zero-order valence-corrected chi connectivity index (χ0v) is 9.71. The molecule has 0 nitrogen and oxygen atoms in total. The van der Waals surface area contributed by atoms with E-state index in [1.165, 1.54) is 27.4 Å². The molecule has 0 aliphatic carbocycles. The lowest BCUT2D eigenvalue weighted by molar-refractivity contribution is 1.23. The predicted molar refractivity (Wildman–Crippen MR) is 56.6 cm³/mol. The van der Waals surface area contributed by atoms with Crippen LogP contribution in [0.1, 0.15) is 22.3 Å². The number of hydrogen-bond donors (Lipinski definition) is 0. The molecule has 64 valence electrons. The minimum absolute atomic E-state index is 0.390. The molecule has 0 aliphatic heterocycles. The Morgan fingerprint density at radius 2 is 1.58 bits per heavy atom. The van der Waals surface area contributed by atoms with Crippen molar-refractivity contribution in [3.05, 3.63) is 28.3 Å². The van der Waals surface area contributed by atoms with Gasteiger partial charge in [0, 0.05) is 0 Å². The van der Waals surface area contributed by atoms with Crippen molar-refractivity contribution in [1.29, 1.82) is 0 Å². The first kappa shape index (κ1) is 9.81. The van der Waals surface area contributed by atoms with Crippen LogP contribution < -0.4 is 5.19 Å². The summed E-state index contributed by atoms with van der Waals surface area (Å²) < 4.78 is 0. The molecule has 12 heavy (non-hydrogen) atoms. The smallest absolute Gasteiger partial charge is 0.165 e. The van der Waals surface area contributed by atoms with Crippen LogP contribution in [0.15, 0.2) is 6.07 Å². The lowest BCUT2D eigenvalue weighted by atomic mass is 10.00. The first-order valence-corrected chi connectivity index (χ1v) is 6.03. The van der Waals surface area contributed by atoms with Crippen LogP contribution in [0.2, 0.25) is 0 Å². The first-order chi connectivity index (χ1) is 5.57. The van der Waals surface area contributed by atoms with Crippen molar-refractivity contribution in [3.8, 4) is 0 Å². The van der Waals surface area contributed by atoms with Crippen LogP contribution in [0.3, 0.4) is 0 Å². The van der Waals surface area contributed by atoms with Gasteiger partial charge in [0.2, 0.25) is 8.83 Å². The van der Waals surface area contributed by atoms with Gasteiger partial charge in [-0.05, 0) is 55.1 Å². The molecule has 0 N–H and O–H groups in total. The molecule has 1 aromatic rings. The Kier molecular flexibility index (Phi) is 2.97. The molecule has 0 amide bonds. The van der Waals surface area contributed by atoms with Crippen molar-refractivity contribution >= 4 is 25.1 Å². The summed E-state index contributed by atoms with van der Waals surface area (Å²) in [5.74, 6) is 0. The first-order valence-electron chi connectivity index (χ1n) is 4.02. The van der Waals surface area contributed by atoms with Gasteiger partial charge in [-0.15, -0.1) is 0 Å². The maximum Gasteiger partial charge on any atom is 0.210 e. The fourth-order valence-corrected chi connectivity index (χ4v) is 2.50. The van der Waals surface area contributed by atoms with Crippen LogP contribution in [-0.2, 0) is 0 Å². The average Bonchev–Trinajstić information content (AvgIpc) is 2.08. The van der Waals surface area contributed by atoms with Crippen molar-refractivity contribution in [3.63, 3.8) is 0 Å². The zero-order valence-electron chi connectivity index (χ0n) is 7.96. The van der Waals surface area contributed by atoms with Crippen molar-refractivity contribution in [2.45, 2.75) is 27.7 Å². The van der Waals surface area contributed by atoms with Crippen molar-refractivity contribution in [2.75, 3.05) is 0 Å². The number of halogens is 1. The Labute approximate surface area is 81.5 Å². The molecule has 0 saturated carbocycles. The molecule has 0 fully saturated rings. The van der Waals surface area contributed by atoms with Crippen LogP contribution in [-0.4, -0.2) is 8.83 Å². The molecule has 0 aromatic heterocycles. The molecular formula is C10H13ClSi. The number of hydrogen-bond acceptors (Lipinski definition) is 0. The second-order valence-electron chi connectivity index (χ2n) is 3.21. The highest BCUT2D eigenvalue weighted by molar-refractivity contribution is 7.01. The van der Waals surface area contributed by atoms with Gasteiger partial charge in [-0.25, -0.2) is 0 Å². The molecule has 0 spiro atoms. The van der Waals surface area contributed by atoms with Gasteiger partial charge in [-0.3, -0.25) is 0 Å². The minimum atomic E-state index is 0.390. The third-order valence-corrected chi connectivity index (χ3v) is 3.92. The summed E-state index contributed by atoms with van der Waals surface area (Å²) in [6.45, 7) is 8.62. The Hall–Kier alpha value is -0.273. The van der Waals surface area contributed by atoms with Gasteiger partial charge >= 0.3 is 0 Å². The molecule has 2 heteroatoms. The summed E-state index contributed by atoms with van der Waals surface area (Å²) in [6.07, 6.45) is 0. The summed E-state index contributed by atoms with van der Waals surface area (Å²) in [5, 5.41) is 1.29. The monoisotopic (exact) mass is 196 g/mol. The van der Waals surface area contributed by atoms with Crippen LogP contribution in [0, 0.1) is 27.7 Å². The quantitative estimate of drug-likeness (QED) is 0.478. The van der Waals surface area contributed by atoms with Crippen molar-refractivity contribution in [2.24, 2.45) is 0 Å². The highest BCUT2D eigenvalue weighted by Gasteiger charge is 2.06. The number of aryl methyl sites for hydroxylation is 1. The fraction of sp³-hybridized carbons (Fsp3) is 0.400. The van der Waals surface area contributed by atoms with E-state index in [0.29, 0.717) is 8.83 Å². The SMILES string of the molecule is Cc1cc([Si]Cl)c(C)c(C)c1C. The Morgan fingerprint density at radius 3 is 2.08 bits per heavy atom. The summed E-state index contributed by atoms with van der Waals surface area (Å²) >= 11 is 5.86. The van der Waals surface area contributed by atoms with Gasteiger partial charge in [0.05, 0.1) is 0 Å². The third-order valence-electron chi connectivity index (χ3n) is 2.58. The van der Waals surface area contributed by atoms with E-state index in [1.807, 2.05) is 0 Å². The van der Waals surface area contributed by atoms with Gasteiger partial charge in [0.25, 0.3) is 0 Å². The molecule has 2 radical (unpaired) electrons. The topological polar surface area (TPSA) is 0 Å². The van der Waals surface area contributed by atoms with E-state index >= 15 is 0 Å². The summed E-state index contributed by atoms with van der Waals surface area (Å²) in [7, 11) is 0.390. The summed E-state index contributed by atoms with van der Waals surface area (Å²) in [5.41, 5.74) is 5.48. The van der Waals surface area contributed by atoms with Gasteiger partial charge in [0.15, 0.2) is 0 Å². The van der Waals surface area contributed by atoms with Crippen molar-refractivity contribution < 1.29 is 0 Å². The van der Waals surface area contributed by atoms with E-state index in [0.717, 1.165) is 0 Å². The van der Waals surface area contributed by atoms with E-state index in [9.17, 15) is 0 Å². The molecule has 0 saturated heterocycles. The molecule has 0 bridgehead atoms. The van der Waals surface area contributed by atoms with Crippen LogP contribution in [0.5, 0.6) is 0 Å². The van der Waals surface area contributed by atoms with E-state index in [4.69, 9.17) is 11.1 Å². The Bertz CT molecular complexity index is 305. The second-order valence-corrected chi connectivity index (χ2v) is 4.51. The van der Waals surface area contributed by atoms with E-state index in [-0.39, 0.29) is 0 Å². The molecule has 1 rings (SSSR count). The van der Waals surface area contributed by atoms with Gasteiger partial charge in [0.1, 0.15) is 0 Å². The van der Waals surface area contributed by atoms with Crippen LogP contribution in [0.25, 0.3) is 0 Å². The summed E-state index contributed by atoms with van der Waals surface area (Å²) in [6, 6.07) is 2.20. The predicted octanol–water partition coefficient (Wildman–Crippen LogP) is 2.40. The van der Waals surface area contributed by atoms with E-state index in [2.05, 4.69) is 33.8 Å². The molecule has 1 aromatic carbocycles. The average molecular weight is 197 g/mol. The zero-order chi connectivity index (χ0) is 9.30. The van der Waals surface area contributed by atoms with Gasteiger partial charge in [-0.1, -0.05) is 6.07 Å². The molecule has 0 unspecified atom stereocenters. The fourth-order valence-electron chi connectivity index (χ4n) is 1.31. The van der Waals surface area contributed by atoms with Crippen molar-refractivity contribution in [1.82, 2.24) is 0 Å². The normalized spacial score (nSPS) is 10.4. The summed E-state index contributed by atoms with van der Waals surface area (Å²) in [4.78, 5) is 0. The highest BCUT2D eigenvalue weighted by atomic mass is 35.6. The number of benzene rings is 1. The van der Waals surface area contributed by atoms with Gasteiger partial charge < -0.3 is 0 Å². The molecule has 0 aliphatic rings. The maximum absolute atomic E-state index is 5.86. The minimum Gasteiger partial charge on any atom is -0.165 e. The largest absolute Gasteiger partial charge is 0.210 e. The maximum atomic E-state index is 5.86. The standard InChI is InChI=1S/C10H13ClSi/c1-6-5-10(12-11)9(4)8(3)7(6)2/h5H,1-4H3. The lowest BCUT2D eigenvalue weighted by Gasteiger charge is -2.11. The van der Waals surface area contributed by atoms with E-state index in [1.54, 1.807) is 0 Å². The lowest BCUT2D eigenvalue weighted by Crippen LogP contribution is -2.16. The third kappa shape index (κ3) is 1.57. The molecule has 0 atom stereocenters. The second kappa shape index (κ2) is 3.63. The van der Waals surface area contributed by atoms with Crippen LogP contribution in [0.4, 0.5) is 0 Å².